The Hall–Kier alpha value is -3.20. The highest BCUT2D eigenvalue weighted by atomic mass is 19.1. The number of nitrogens with zero attached hydrogens (tertiary/aromatic N) is 2. The Kier molecular flexibility index (Phi) is 5.65. The molecule has 4 heterocycles. The monoisotopic (exact) mass is 455 g/mol. The molecule has 8 nitrogen and oxygen atoms in total. The number of likely N-dealkylation sites (tertiary alicyclic amines) is 1. The van der Waals surface area contributed by atoms with E-state index in [1.807, 2.05) is 0 Å². The molecule has 0 radical (unpaired) electrons. The molecule has 9 heteroatoms. The van der Waals surface area contributed by atoms with Crippen LogP contribution in [-0.2, 0) is 22.7 Å². The van der Waals surface area contributed by atoms with Crippen LogP contribution in [0, 0.1) is 5.82 Å². The van der Waals surface area contributed by atoms with Crippen LogP contribution in [-0.4, -0.2) is 53.8 Å². The number of furan rings is 1. The van der Waals surface area contributed by atoms with E-state index in [0.717, 1.165) is 43.0 Å². The average Bonchev–Trinajstić information content (AvgIpc) is 3.38. The zero-order valence-corrected chi connectivity index (χ0v) is 18.4. The fraction of sp³-hybridized carbons (Fsp3) is 0.458. The van der Waals surface area contributed by atoms with Crippen LogP contribution in [0.2, 0.25) is 0 Å². The number of methoxy groups -OCH3 is 1. The molecule has 3 aliphatic heterocycles. The molecule has 0 aliphatic carbocycles. The molecule has 0 spiro atoms. The van der Waals surface area contributed by atoms with Crippen LogP contribution in [0.5, 0.6) is 5.75 Å². The zero-order chi connectivity index (χ0) is 23.1. The summed E-state index contributed by atoms with van der Waals surface area (Å²) in [5.41, 5.74) is 1.68. The number of benzene rings is 1. The molecular weight excluding hydrogens is 429 g/mol. The molecule has 2 fully saturated rings. The molecule has 174 valence electrons. The number of rotatable bonds is 5. The van der Waals surface area contributed by atoms with Crippen LogP contribution in [0.25, 0.3) is 0 Å². The number of hydrogen-bond donors (Lipinski definition) is 1. The number of nitrogens with one attached hydrogen (secondary N) is 1. The van der Waals surface area contributed by atoms with E-state index in [9.17, 15) is 14.4 Å². The Bertz CT molecular complexity index is 1110. The van der Waals surface area contributed by atoms with Crippen LogP contribution in [0.3, 0.4) is 0 Å². The number of imide groups is 1. The first kappa shape index (κ1) is 21.6. The highest BCUT2D eigenvalue weighted by Crippen LogP contribution is 2.36. The summed E-state index contributed by atoms with van der Waals surface area (Å²) in [6.45, 7) is 2.49. The van der Waals surface area contributed by atoms with Crippen molar-refractivity contribution in [2.24, 2.45) is 0 Å². The fourth-order valence-corrected chi connectivity index (χ4v) is 5.15. The van der Waals surface area contributed by atoms with Crippen LogP contribution < -0.4 is 10.1 Å². The van der Waals surface area contributed by atoms with E-state index in [2.05, 4.69) is 10.2 Å². The Morgan fingerprint density at radius 1 is 1.18 bits per heavy atom. The third-order valence-electron chi connectivity index (χ3n) is 6.96. The van der Waals surface area contributed by atoms with Crippen LogP contribution in [0.1, 0.15) is 58.8 Å². The van der Waals surface area contributed by atoms with Crippen molar-refractivity contribution in [3.8, 4) is 5.75 Å². The van der Waals surface area contributed by atoms with E-state index in [0.29, 0.717) is 24.1 Å². The number of amides is 3. The van der Waals surface area contributed by atoms with Gasteiger partial charge in [-0.25, -0.2) is 4.39 Å². The van der Waals surface area contributed by atoms with Gasteiger partial charge in [-0.3, -0.25) is 24.6 Å². The second-order valence-electron chi connectivity index (χ2n) is 8.89. The Morgan fingerprint density at radius 3 is 2.70 bits per heavy atom. The lowest BCUT2D eigenvalue weighted by Gasteiger charge is -2.32. The Morgan fingerprint density at radius 2 is 1.97 bits per heavy atom. The molecular formula is C24H26FN3O5. The summed E-state index contributed by atoms with van der Waals surface area (Å²) in [5.74, 6) is 0.0494. The Balaban J connectivity index is 1.27. The maximum Gasteiger partial charge on any atom is 0.255 e. The van der Waals surface area contributed by atoms with Crippen molar-refractivity contribution in [3.63, 3.8) is 0 Å². The summed E-state index contributed by atoms with van der Waals surface area (Å²) in [5, 5.41) is 2.29. The molecule has 1 aromatic carbocycles. The van der Waals surface area contributed by atoms with E-state index in [1.165, 1.54) is 11.0 Å². The number of piperidine rings is 2. The lowest BCUT2D eigenvalue weighted by Crippen LogP contribution is -2.52. The third-order valence-corrected chi connectivity index (χ3v) is 6.96. The lowest BCUT2D eigenvalue weighted by atomic mass is 9.87. The number of carbonyl (C=O) groups is 3. The highest BCUT2D eigenvalue weighted by Gasteiger charge is 2.40. The summed E-state index contributed by atoms with van der Waals surface area (Å²) < 4.78 is 25.9. The minimum Gasteiger partial charge on any atom is -0.493 e. The van der Waals surface area contributed by atoms with Gasteiger partial charge in [0.2, 0.25) is 11.8 Å². The van der Waals surface area contributed by atoms with Crippen molar-refractivity contribution >= 4 is 17.7 Å². The minimum atomic E-state index is -0.698. The van der Waals surface area contributed by atoms with Gasteiger partial charge in [-0.05, 0) is 55.5 Å². The van der Waals surface area contributed by atoms with Gasteiger partial charge in [-0.2, -0.15) is 0 Å². The first-order valence-electron chi connectivity index (χ1n) is 11.2. The van der Waals surface area contributed by atoms with E-state index in [4.69, 9.17) is 9.15 Å². The van der Waals surface area contributed by atoms with Gasteiger partial charge in [0.25, 0.3) is 5.91 Å². The average molecular weight is 455 g/mol. The molecule has 2 aromatic rings. The van der Waals surface area contributed by atoms with Crippen molar-refractivity contribution in [2.45, 2.75) is 50.7 Å². The van der Waals surface area contributed by atoms with E-state index < -0.39 is 11.9 Å². The normalized spacial score (nSPS) is 21.9. The zero-order valence-electron chi connectivity index (χ0n) is 18.4. The lowest BCUT2D eigenvalue weighted by molar-refractivity contribution is -0.136. The summed E-state index contributed by atoms with van der Waals surface area (Å²) in [4.78, 5) is 40.3. The number of carbonyl (C=O) groups excluding carboxylic acids is 3. The van der Waals surface area contributed by atoms with Crippen LogP contribution in [0.4, 0.5) is 4.39 Å². The quantitative estimate of drug-likeness (QED) is 0.697. The van der Waals surface area contributed by atoms with Gasteiger partial charge in [-0.1, -0.05) is 6.07 Å². The molecule has 1 unspecified atom stereocenters. The van der Waals surface area contributed by atoms with E-state index in [-0.39, 0.29) is 36.5 Å². The maximum atomic E-state index is 15.1. The van der Waals surface area contributed by atoms with Crippen molar-refractivity contribution in [1.82, 2.24) is 15.1 Å². The number of halogens is 1. The highest BCUT2D eigenvalue weighted by molar-refractivity contribution is 6.05. The molecule has 2 saturated heterocycles. The largest absolute Gasteiger partial charge is 0.493 e. The van der Waals surface area contributed by atoms with E-state index in [1.54, 1.807) is 25.5 Å². The fourth-order valence-electron chi connectivity index (χ4n) is 5.15. The van der Waals surface area contributed by atoms with Crippen molar-refractivity contribution in [1.29, 1.82) is 0 Å². The molecule has 33 heavy (non-hydrogen) atoms. The first-order chi connectivity index (χ1) is 15.9. The molecule has 1 aromatic heterocycles. The molecule has 0 saturated carbocycles. The summed E-state index contributed by atoms with van der Waals surface area (Å²) in [6, 6.07) is 4.21. The third kappa shape index (κ3) is 4.01. The SMILES string of the molecule is COc1ccoc1CN1CCC(c2cc3c(cc2F)C(=O)N(C2CCC(=O)NC2=O)C3)CC1. The topological polar surface area (TPSA) is 92.1 Å². The molecule has 0 bridgehead atoms. The first-order valence-corrected chi connectivity index (χ1v) is 11.2. The molecule has 3 amide bonds. The number of hydrogen-bond acceptors (Lipinski definition) is 6. The standard InChI is InChI=1S/C24H26FN3O5/c1-32-20-6-9-33-21(20)13-27-7-4-14(5-8-27)16-10-15-12-28(24(31)17(15)11-18(16)25)19-2-3-22(29)26-23(19)30/h6,9-11,14,19H,2-5,7-8,12-13H2,1H3,(H,26,29,30). The van der Waals surface area contributed by atoms with Crippen molar-refractivity contribution in [2.75, 3.05) is 20.2 Å². The summed E-state index contributed by atoms with van der Waals surface area (Å²) in [6.07, 6.45) is 3.69. The number of ether oxygens (including phenoxy) is 1. The van der Waals surface area contributed by atoms with Crippen molar-refractivity contribution < 1.29 is 27.9 Å². The predicted molar refractivity (Wildman–Crippen MR) is 115 cm³/mol. The Labute approximate surface area is 190 Å². The summed E-state index contributed by atoms with van der Waals surface area (Å²) >= 11 is 0. The molecule has 5 rings (SSSR count). The molecule has 1 atom stereocenters. The predicted octanol–water partition coefficient (Wildman–Crippen LogP) is 2.57. The maximum absolute atomic E-state index is 15.1. The van der Waals surface area contributed by atoms with Gasteiger partial charge in [-0.15, -0.1) is 0 Å². The van der Waals surface area contributed by atoms with Crippen molar-refractivity contribution in [3.05, 3.63) is 52.7 Å². The smallest absolute Gasteiger partial charge is 0.255 e. The van der Waals surface area contributed by atoms with Gasteiger partial charge >= 0.3 is 0 Å². The van der Waals surface area contributed by atoms with Gasteiger partial charge < -0.3 is 14.1 Å². The van der Waals surface area contributed by atoms with Crippen LogP contribution in [0.15, 0.2) is 28.9 Å². The van der Waals surface area contributed by atoms with Gasteiger partial charge in [0.05, 0.1) is 19.9 Å². The van der Waals surface area contributed by atoms with Gasteiger partial charge in [0.1, 0.15) is 11.9 Å². The van der Waals surface area contributed by atoms with Crippen LogP contribution >= 0.6 is 0 Å². The molecule has 1 N–H and O–H groups in total. The van der Waals surface area contributed by atoms with Gasteiger partial charge in [0, 0.05) is 24.6 Å². The van der Waals surface area contributed by atoms with Gasteiger partial charge in [0.15, 0.2) is 11.5 Å². The molecule has 3 aliphatic rings. The minimum absolute atomic E-state index is 0.0600. The van der Waals surface area contributed by atoms with E-state index >= 15 is 4.39 Å². The summed E-state index contributed by atoms with van der Waals surface area (Å²) in [7, 11) is 1.61. The number of fused-ring (bicyclic) bond motifs is 1. The second-order valence-corrected chi connectivity index (χ2v) is 8.89. The second kappa shape index (κ2) is 8.62.